The number of carbonyl (C=O) groups excluding carboxylic acids is 1. The van der Waals surface area contributed by atoms with Crippen molar-refractivity contribution < 1.29 is 4.79 Å². The molecule has 0 aliphatic carbocycles. The van der Waals surface area contributed by atoms with Crippen molar-refractivity contribution in [2.45, 2.75) is 32.9 Å². The Morgan fingerprint density at radius 3 is 2.63 bits per heavy atom. The number of nitrogens with zero attached hydrogens (tertiary/aromatic N) is 2. The molecule has 0 amide bonds. The van der Waals surface area contributed by atoms with E-state index in [-0.39, 0.29) is 5.78 Å². The molecular weight excluding hydrogens is 236 g/mol. The van der Waals surface area contributed by atoms with Gasteiger partial charge in [0.15, 0.2) is 5.78 Å². The second-order valence-electron chi connectivity index (χ2n) is 5.76. The molecule has 0 atom stereocenters. The fourth-order valence-electron chi connectivity index (χ4n) is 2.61. The molecular formula is C16H24N2O. The minimum absolute atomic E-state index is 0.159. The van der Waals surface area contributed by atoms with Crippen LogP contribution in [0, 0.1) is 0 Å². The molecule has 0 bridgehead atoms. The number of carbonyl (C=O) groups is 1. The van der Waals surface area contributed by atoms with Gasteiger partial charge in [-0.15, -0.1) is 0 Å². The lowest BCUT2D eigenvalue weighted by molar-refractivity contribution is 0.101. The van der Waals surface area contributed by atoms with Crippen LogP contribution in [0.15, 0.2) is 18.2 Å². The molecule has 0 unspecified atom stereocenters. The van der Waals surface area contributed by atoms with Gasteiger partial charge in [0.1, 0.15) is 0 Å². The van der Waals surface area contributed by atoms with Crippen molar-refractivity contribution in [3.63, 3.8) is 0 Å². The zero-order valence-corrected chi connectivity index (χ0v) is 12.3. The van der Waals surface area contributed by atoms with Crippen LogP contribution in [0.3, 0.4) is 0 Å². The third-order valence-electron chi connectivity index (χ3n) is 3.73. The summed E-state index contributed by atoms with van der Waals surface area (Å²) in [6.07, 6.45) is 2.49. The Labute approximate surface area is 116 Å². The lowest BCUT2D eigenvalue weighted by Crippen LogP contribution is -2.19. The number of fused-ring (bicyclic) bond motifs is 1. The van der Waals surface area contributed by atoms with Crippen molar-refractivity contribution in [2.75, 3.05) is 27.2 Å². The molecule has 19 heavy (non-hydrogen) atoms. The van der Waals surface area contributed by atoms with E-state index in [0.29, 0.717) is 0 Å². The maximum absolute atomic E-state index is 11.4. The Kier molecular flexibility index (Phi) is 4.72. The summed E-state index contributed by atoms with van der Waals surface area (Å²) >= 11 is 0. The van der Waals surface area contributed by atoms with Crippen LogP contribution in [-0.4, -0.2) is 42.8 Å². The summed E-state index contributed by atoms with van der Waals surface area (Å²) in [6, 6.07) is 6.14. The molecule has 0 fully saturated rings. The molecule has 1 aromatic carbocycles. The van der Waals surface area contributed by atoms with E-state index >= 15 is 0 Å². The molecule has 1 heterocycles. The summed E-state index contributed by atoms with van der Waals surface area (Å²) in [5.74, 6) is 0.159. The van der Waals surface area contributed by atoms with Crippen molar-refractivity contribution >= 4 is 5.78 Å². The first kappa shape index (κ1) is 14.2. The average molecular weight is 260 g/mol. The van der Waals surface area contributed by atoms with Crippen LogP contribution < -0.4 is 0 Å². The zero-order chi connectivity index (χ0) is 13.8. The van der Waals surface area contributed by atoms with Crippen molar-refractivity contribution in [3.8, 4) is 0 Å². The van der Waals surface area contributed by atoms with Crippen molar-refractivity contribution in [1.29, 1.82) is 0 Å². The van der Waals surface area contributed by atoms with Gasteiger partial charge in [-0.2, -0.15) is 0 Å². The molecule has 0 spiro atoms. The minimum Gasteiger partial charge on any atom is -0.309 e. The van der Waals surface area contributed by atoms with Gasteiger partial charge in [-0.3, -0.25) is 9.69 Å². The van der Waals surface area contributed by atoms with Gasteiger partial charge in [-0.1, -0.05) is 12.1 Å². The summed E-state index contributed by atoms with van der Waals surface area (Å²) in [5, 5.41) is 0. The van der Waals surface area contributed by atoms with Crippen LogP contribution >= 0.6 is 0 Å². The zero-order valence-electron chi connectivity index (χ0n) is 12.3. The van der Waals surface area contributed by atoms with E-state index in [1.54, 1.807) is 6.92 Å². The molecule has 0 saturated heterocycles. The van der Waals surface area contributed by atoms with Crippen LogP contribution in [0.4, 0.5) is 0 Å². The SMILES string of the molecule is CC(=O)c1ccc2c(c1)CN(CCCCN(C)C)C2. The topological polar surface area (TPSA) is 23.6 Å². The third kappa shape index (κ3) is 3.88. The Hall–Kier alpha value is -1.19. The summed E-state index contributed by atoms with van der Waals surface area (Å²) in [5.41, 5.74) is 3.56. The number of benzene rings is 1. The van der Waals surface area contributed by atoms with Crippen LogP contribution in [-0.2, 0) is 13.1 Å². The van der Waals surface area contributed by atoms with Crippen molar-refractivity contribution in [3.05, 3.63) is 34.9 Å². The summed E-state index contributed by atoms with van der Waals surface area (Å²) in [4.78, 5) is 16.1. The second-order valence-corrected chi connectivity index (χ2v) is 5.76. The van der Waals surface area contributed by atoms with E-state index in [0.717, 1.165) is 31.7 Å². The third-order valence-corrected chi connectivity index (χ3v) is 3.73. The number of hydrogen-bond donors (Lipinski definition) is 0. The summed E-state index contributed by atoms with van der Waals surface area (Å²) < 4.78 is 0. The van der Waals surface area contributed by atoms with Gasteiger partial charge in [-0.05, 0) is 64.1 Å². The highest BCUT2D eigenvalue weighted by molar-refractivity contribution is 5.94. The first-order valence-electron chi connectivity index (χ1n) is 7.06. The van der Waals surface area contributed by atoms with Crippen LogP contribution in [0.2, 0.25) is 0 Å². The van der Waals surface area contributed by atoms with Gasteiger partial charge in [-0.25, -0.2) is 0 Å². The molecule has 0 radical (unpaired) electrons. The Bertz CT molecular complexity index is 454. The van der Waals surface area contributed by atoms with E-state index in [1.807, 2.05) is 6.07 Å². The molecule has 3 heteroatoms. The number of Topliss-reactive ketones (excluding diaryl/α,β-unsaturated/α-hetero) is 1. The van der Waals surface area contributed by atoms with Crippen molar-refractivity contribution in [1.82, 2.24) is 9.80 Å². The first-order valence-corrected chi connectivity index (χ1v) is 7.06. The van der Waals surface area contributed by atoms with E-state index in [1.165, 1.54) is 24.0 Å². The van der Waals surface area contributed by atoms with E-state index in [9.17, 15) is 4.79 Å². The predicted molar refractivity (Wildman–Crippen MR) is 78.3 cm³/mol. The molecule has 0 saturated carbocycles. The number of rotatable bonds is 6. The Balaban J connectivity index is 1.84. The summed E-state index contributed by atoms with van der Waals surface area (Å²) in [7, 11) is 4.24. The van der Waals surface area contributed by atoms with Crippen LogP contribution in [0.25, 0.3) is 0 Å². The Morgan fingerprint density at radius 2 is 1.95 bits per heavy atom. The van der Waals surface area contributed by atoms with Crippen LogP contribution in [0.1, 0.15) is 41.3 Å². The van der Waals surface area contributed by atoms with E-state index in [4.69, 9.17) is 0 Å². The quantitative estimate of drug-likeness (QED) is 0.580. The van der Waals surface area contributed by atoms with Gasteiger partial charge < -0.3 is 4.90 Å². The predicted octanol–water partition coefficient (Wildman–Crippen LogP) is 2.55. The highest BCUT2D eigenvalue weighted by Crippen LogP contribution is 2.24. The largest absolute Gasteiger partial charge is 0.309 e. The smallest absolute Gasteiger partial charge is 0.159 e. The number of hydrogen-bond acceptors (Lipinski definition) is 3. The standard InChI is InChI=1S/C16H24N2O/c1-13(19)14-6-7-15-11-18(12-16(15)10-14)9-5-4-8-17(2)3/h6-7,10H,4-5,8-9,11-12H2,1-3H3. The minimum atomic E-state index is 0.159. The van der Waals surface area contributed by atoms with Gasteiger partial charge in [0.05, 0.1) is 0 Å². The Morgan fingerprint density at radius 1 is 1.21 bits per heavy atom. The highest BCUT2D eigenvalue weighted by Gasteiger charge is 2.19. The molecule has 0 aromatic heterocycles. The van der Waals surface area contributed by atoms with Crippen LogP contribution in [0.5, 0.6) is 0 Å². The molecule has 2 rings (SSSR count). The number of ketones is 1. The fraction of sp³-hybridized carbons (Fsp3) is 0.562. The van der Waals surface area contributed by atoms with E-state index in [2.05, 4.69) is 36.0 Å². The molecule has 1 aromatic rings. The summed E-state index contributed by atoms with van der Waals surface area (Å²) in [6.45, 7) is 5.98. The maximum Gasteiger partial charge on any atom is 0.159 e. The molecule has 1 aliphatic heterocycles. The molecule has 3 nitrogen and oxygen atoms in total. The highest BCUT2D eigenvalue weighted by atomic mass is 16.1. The van der Waals surface area contributed by atoms with E-state index < -0.39 is 0 Å². The average Bonchev–Trinajstić information content (AvgIpc) is 2.75. The van der Waals surface area contributed by atoms with Gasteiger partial charge in [0.25, 0.3) is 0 Å². The molecule has 104 valence electrons. The lowest BCUT2D eigenvalue weighted by atomic mass is 10.0. The van der Waals surface area contributed by atoms with Gasteiger partial charge in [0, 0.05) is 18.7 Å². The number of unbranched alkanes of at least 4 members (excludes halogenated alkanes) is 1. The van der Waals surface area contributed by atoms with Gasteiger partial charge in [0.2, 0.25) is 0 Å². The molecule has 0 N–H and O–H groups in total. The lowest BCUT2D eigenvalue weighted by Gasteiger charge is -2.15. The second kappa shape index (κ2) is 6.31. The van der Waals surface area contributed by atoms with Crippen molar-refractivity contribution in [2.24, 2.45) is 0 Å². The normalized spacial score (nSPS) is 14.9. The first-order chi connectivity index (χ1) is 9.06. The maximum atomic E-state index is 11.4. The van der Waals surface area contributed by atoms with Gasteiger partial charge >= 0.3 is 0 Å². The fourth-order valence-corrected chi connectivity index (χ4v) is 2.61. The molecule has 1 aliphatic rings. The monoisotopic (exact) mass is 260 g/mol.